The van der Waals surface area contributed by atoms with Crippen LogP contribution in [0.1, 0.15) is 31.9 Å². The van der Waals surface area contributed by atoms with Gasteiger partial charge in [-0.3, -0.25) is 4.99 Å². The normalized spacial score (nSPS) is 12.3. The highest BCUT2D eigenvalue weighted by Crippen LogP contribution is 2.19. The van der Waals surface area contributed by atoms with E-state index in [0.29, 0.717) is 19.0 Å². The maximum Gasteiger partial charge on any atom is 0.191 e. The first-order valence-corrected chi connectivity index (χ1v) is 10.1. The van der Waals surface area contributed by atoms with Gasteiger partial charge in [0, 0.05) is 20.1 Å². The van der Waals surface area contributed by atoms with Gasteiger partial charge in [0.15, 0.2) is 15.8 Å². The van der Waals surface area contributed by atoms with Crippen LogP contribution in [-0.4, -0.2) is 52.1 Å². The Balaban J connectivity index is 0.00000625. The lowest BCUT2D eigenvalue weighted by molar-refractivity contribution is 0.409. The van der Waals surface area contributed by atoms with Crippen molar-refractivity contribution in [2.75, 3.05) is 33.0 Å². The van der Waals surface area contributed by atoms with Crippen LogP contribution in [0.2, 0.25) is 0 Å². The smallest absolute Gasteiger partial charge is 0.191 e. The lowest BCUT2D eigenvalue weighted by Gasteiger charge is -2.20. The highest BCUT2D eigenvalue weighted by atomic mass is 127. The molecule has 0 radical (unpaired) electrons. The van der Waals surface area contributed by atoms with Gasteiger partial charge in [-0.05, 0) is 45.7 Å². The summed E-state index contributed by atoms with van der Waals surface area (Å²) >= 11 is 0. The molecule has 0 spiro atoms. The number of hydrogen-bond acceptors (Lipinski definition) is 4. The predicted molar refractivity (Wildman–Crippen MR) is 120 cm³/mol. The molecule has 2 N–H and O–H groups in total. The van der Waals surface area contributed by atoms with Gasteiger partial charge in [0.1, 0.15) is 5.75 Å². The van der Waals surface area contributed by atoms with Crippen LogP contribution in [0.5, 0.6) is 5.75 Å². The van der Waals surface area contributed by atoms with Crippen LogP contribution in [0.25, 0.3) is 0 Å². The number of rotatable bonds is 7. The van der Waals surface area contributed by atoms with Crippen LogP contribution >= 0.6 is 24.0 Å². The van der Waals surface area contributed by atoms with Crippen LogP contribution in [0.4, 0.5) is 0 Å². The average Bonchev–Trinajstić information content (AvgIpc) is 2.52. The maximum atomic E-state index is 12.1. The molecule has 0 heterocycles. The molecular formula is C18H32IN3O3S. The zero-order valence-corrected chi connectivity index (χ0v) is 19.7. The summed E-state index contributed by atoms with van der Waals surface area (Å²) in [7, 11) is 0.191. The molecule has 150 valence electrons. The van der Waals surface area contributed by atoms with E-state index in [9.17, 15) is 8.42 Å². The van der Waals surface area contributed by atoms with E-state index in [0.717, 1.165) is 17.7 Å². The van der Waals surface area contributed by atoms with Crippen LogP contribution in [0.15, 0.2) is 23.2 Å². The largest absolute Gasteiger partial charge is 0.496 e. The average molecular weight is 497 g/mol. The van der Waals surface area contributed by atoms with E-state index in [1.54, 1.807) is 34.9 Å². The Hall–Kier alpha value is -1.03. The Morgan fingerprint density at radius 3 is 2.35 bits per heavy atom. The third kappa shape index (κ3) is 7.69. The summed E-state index contributed by atoms with van der Waals surface area (Å²) in [5, 5.41) is 6.25. The number of aryl methyl sites for hydroxylation is 1. The van der Waals surface area contributed by atoms with Gasteiger partial charge >= 0.3 is 0 Å². The molecule has 0 aliphatic heterocycles. The van der Waals surface area contributed by atoms with Crippen LogP contribution in [0.3, 0.4) is 0 Å². The van der Waals surface area contributed by atoms with E-state index in [1.165, 1.54) is 5.56 Å². The Morgan fingerprint density at radius 1 is 1.19 bits per heavy atom. The van der Waals surface area contributed by atoms with Gasteiger partial charge in [0.05, 0.1) is 17.6 Å². The minimum atomic E-state index is -3.14. The number of ether oxygens (including phenoxy) is 1. The first-order chi connectivity index (χ1) is 11.6. The van der Waals surface area contributed by atoms with Crippen LogP contribution in [-0.2, 0) is 16.3 Å². The first kappa shape index (κ1) is 25.0. The zero-order valence-electron chi connectivity index (χ0n) is 16.5. The summed E-state index contributed by atoms with van der Waals surface area (Å²) in [6.07, 6.45) is 0.784. The van der Waals surface area contributed by atoms with Gasteiger partial charge in [-0.1, -0.05) is 17.7 Å². The fourth-order valence-corrected chi connectivity index (χ4v) is 3.23. The highest BCUT2D eigenvalue weighted by molar-refractivity contribution is 14.0. The summed E-state index contributed by atoms with van der Waals surface area (Å²) < 4.78 is 28.9. The second kappa shape index (κ2) is 11.0. The fourth-order valence-electron chi connectivity index (χ4n) is 2.25. The molecule has 1 aromatic carbocycles. The van der Waals surface area contributed by atoms with Crippen molar-refractivity contribution in [2.45, 2.75) is 38.9 Å². The molecule has 6 nitrogen and oxygen atoms in total. The number of benzene rings is 1. The number of methoxy groups -OCH3 is 1. The highest BCUT2D eigenvalue weighted by Gasteiger charge is 2.28. The molecule has 0 unspecified atom stereocenters. The summed E-state index contributed by atoms with van der Waals surface area (Å²) in [6, 6.07) is 6.09. The van der Waals surface area contributed by atoms with Gasteiger partial charge < -0.3 is 15.4 Å². The van der Waals surface area contributed by atoms with E-state index in [2.05, 4.69) is 21.7 Å². The molecule has 0 fully saturated rings. The standard InChI is InChI=1S/C18H31N3O3S.HI/c1-14-7-8-16(24-6)15(13-14)9-10-20-17(19-5)21-11-12-25(22,23)18(2,3)4;/h7-8,13H,9-12H2,1-6H3,(H2,19,20,21);1H. The van der Waals surface area contributed by atoms with E-state index in [4.69, 9.17) is 4.74 Å². The molecule has 0 saturated carbocycles. The second-order valence-electron chi connectivity index (χ2n) is 6.92. The monoisotopic (exact) mass is 497 g/mol. The van der Waals surface area contributed by atoms with Crippen molar-refractivity contribution in [3.8, 4) is 5.75 Å². The topological polar surface area (TPSA) is 79.8 Å². The van der Waals surface area contributed by atoms with E-state index >= 15 is 0 Å². The molecule has 0 aromatic heterocycles. The molecule has 0 saturated heterocycles. The molecule has 0 amide bonds. The van der Waals surface area contributed by atoms with Crippen molar-refractivity contribution in [2.24, 2.45) is 4.99 Å². The second-order valence-corrected chi connectivity index (χ2v) is 9.78. The zero-order chi connectivity index (χ0) is 19.1. The fraction of sp³-hybridized carbons (Fsp3) is 0.611. The van der Waals surface area contributed by atoms with Crippen molar-refractivity contribution in [3.63, 3.8) is 0 Å². The van der Waals surface area contributed by atoms with E-state index in [-0.39, 0.29) is 29.7 Å². The van der Waals surface area contributed by atoms with Crippen LogP contribution in [0, 0.1) is 6.92 Å². The summed E-state index contributed by atoms with van der Waals surface area (Å²) in [6.45, 7) is 8.19. The number of halogens is 1. The number of nitrogens with one attached hydrogen (secondary N) is 2. The first-order valence-electron chi connectivity index (χ1n) is 8.41. The molecule has 1 aromatic rings. The predicted octanol–water partition coefficient (Wildman–Crippen LogP) is 2.54. The molecule has 8 heteroatoms. The summed E-state index contributed by atoms with van der Waals surface area (Å²) in [5.41, 5.74) is 2.31. The molecule has 0 aliphatic carbocycles. The van der Waals surface area contributed by atoms with Crippen molar-refractivity contribution in [1.29, 1.82) is 0 Å². The van der Waals surface area contributed by atoms with Crippen LogP contribution < -0.4 is 15.4 Å². The molecular weight excluding hydrogens is 465 g/mol. The summed E-state index contributed by atoms with van der Waals surface area (Å²) in [5.74, 6) is 1.53. The number of sulfone groups is 1. The minimum absolute atomic E-state index is 0. The maximum absolute atomic E-state index is 12.1. The minimum Gasteiger partial charge on any atom is -0.496 e. The van der Waals surface area contributed by atoms with Crippen molar-refractivity contribution < 1.29 is 13.2 Å². The Morgan fingerprint density at radius 2 is 1.81 bits per heavy atom. The lowest BCUT2D eigenvalue weighted by Crippen LogP contribution is -2.42. The van der Waals surface area contributed by atoms with Crippen molar-refractivity contribution in [1.82, 2.24) is 10.6 Å². The number of aliphatic imine (C=N–C) groups is 1. The van der Waals surface area contributed by atoms with E-state index in [1.807, 2.05) is 19.1 Å². The molecule has 26 heavy (non-hydrogen) atoms. The number of hydrogen-bond donors (Lipinski definition) is 2. The van der Waals surface area contributed by atoms with Gasteiger partial charge in [-0.2, -0.15) is 0 Å². The van der Waals surface area contributed by atoms with Gasteiger partial charge in [-0.15, -0.1) is 24.0 Å². The SMILES string of the molecule is CN=C(NCCc1cc(C)ccc1OC)NCCS(=O)(=O)C(C)(C)C.I. The van der Waals surface area contributed by atoms with Gasteiger partial charge in [-0.25, -0.2) is 8.42 Å². The quantitative estimate of drug-likeness (QED) is 0.344. The van der Waals surface area contributed by atoms with Gasteiger partial charge in [0.25, 0.3) is 0 Å². The van der Waals surface area contributed by atoms with Crippen molar-refractivity contribution in [3.05, 3.63) is 29.3 Å². The van der Waals surface area contributed by atoms with E-state index < -0.39 is 14.6 Å². The Bertz CT molecular complexity index is 698. The van der Waals surface area contributed by atoms with Gasteiger partial charge in [0.2, 0.25) is 0 Å². The lowest BCUT2D eigenvalue weighted by atomic mass is 10.1. The molecule has 0 aliphatic rings. The molecule has 0 atom stereocenters. The van der Waals surface area contributed by atoms with Crippen molar-refractivity contribution >= 4 is 39.8 Å². The summed E-state index contributed by atoms with van der Waals surface area (Å²) in [4.78, 5) is 4.13. The third-order valence-corrected chi connectivity index (χ3v) is 6.55. The Labute approximate surface area is 175 Å². The Kier molecular flexibility index (Phi) is 10.5. The number of guanidine groups is 1. The third-order valence-electron chi connectivity index (χ3n) is 3.94. The number of nitrogens with zero attached hydrogens (tertiary/aromatic N) is 1. The molecule has 0 bridgehead atoms. The molecule has 1 rings (SSSR count).